The summed E-state index contributed by atoms with van der Waals surface area (Å²) >= 11 is 7.89. The van der Waals surface area contributed by atoms with E-state index in [4.69, 9.17) is 16.1 Å². The summed E-state index contributed by atoms with van der Waals surface area (Å²) < 4.78 is 5.34. The van der Waals surface area contributed by atoms with Crippen LogP contribution < -0.4 is 0 Å². The molecular formula is C13H13ClN2OS. The van der Waals surface area contributed by atoms with Crippen molar-refractivity contribution in [2.75, 3.05) is 0 Å². The highest BCUT2D eigenvalue weighted by Crippen LogP contribution is 2.45. The average Bonchev–Trinajstić information content (AvgIpc) is 3.03. The number of hydrogen-bond acceptors (Lipinski definition) is 4. The molecular weight excluding hydrogens is 268 g/mol. The molecule has 0 saturated heterocycles. The van der Waals surface area contributed by atoms with Gasteiger partial charge in [-0.05, 0) is 24.5 Å². The minimum absolute atomic E-state index is 0.156. The van der Waals surface area contributed by atoms with E-state index in [1.165, 1.54) is 10.5 Å². The molecule has 3 rings (SSSR count). The zero-order chi connectivity index (χ0) is 12.5. The van der Waals surface area contributed by atoms with Crippen LogP contribution in [0.3, 0.4) is 0 Å². The molecule has 1 aromatic carbocycles. The van der Waals surface area contributed by atoms with Crippen molar-refractivity contribution in [1.82, 2.24) is 10.1 Å². The Balaban J connectivity index is 1.80. The maximum atomic E-state index is 6.11. The van der Waals surface area contributed by atoms with Crippen LogP contribution in [0.25, 0.3) is 0 Å². The Hall–Kier alpha value is -1.00. The van der Waals surface area contributed by atoms with E-state index in [0.29, 0.717) is 11.7 Å². The van der Waals surface area contributed by atoms with Crippen molar-refractivity contribution in [1.29, 1.82) is 0 Å². The summed E-state index contributed by atoms with van der Waals surface area (Å²) in [6.45, 7) is 2.01. The van der Waals surface area contributed by atoms with Crippen LogP contribution in [0.1, 0.15) is 41.3 Å². The van der Waals surface area contributed by atoms with Gasteiger partial charge in [0.05, 0.1) is 10.6 Å². The number of aromatic nitrogens is 2. The zero-order valence-electron chi connectivity index (χ0n) is 9.97. The molecule has 1 aliphatic rings. The predicted octanol–water partition coefficient (Wildman–Crippen LogP) is 4.15. The number of thioether (sulfide) groups is 1. The fourth-order valence-electron chi connectivity index (χ4n) is 2.01. The normalized spacial score (nSPS) is 19.8. The second kappa shape index (κ2) is 4.94. The first-order chi connectivity index (χ1) is 8.78. The van der Waals surface area contributed by atoms with Gasteiger partial charge in [-0.3, -0.25) is 0 Å². The van der Waals surface area contributed by atoms with E-state index in [1.54, 1.807) is 11.8 Å². The standard InChI is InChI=1S/C13H13ClN2OS/c1-2-9(14)12-15-13(17-16-12)11-7-8-5-3-4-6-10(8)18-11/h3-6,9,11H,2,7H2,1H3. The highest BCUT2D eigenvalue weighted by molar-refractivity contribution is 7.99. The lowest BCUT2D eigenvalue weighted by atomic mass is 10.1. The van der Waals surface area contributed by atoms with E-state index in [-0.39, 0.29) is 10.6 Å². The molecule has 0 saturated carbocycles. The third kappa shape index (κ3) is 2.15. The molecule has 0 spiro atoms. The first-order valence-corrected chi connectivity index (χ1v) is 7.31. The van der Waals surface area contributed by atoms with E-state index in [1.807, 2.05) is 6.92 Å². The number of fused-ring (bicyclic) bond motifs is 1. The quantitative estimate of drug-likeness (QED) is 0.792. The van der Waals surface area contributed by atoms with Gasteiger partial charge in [-0.1, -0.05) is 30.3 Å². The molecule has 2 heterocycles. The van der Waals surface area contributed by atoms with Gasteiger partial charge < -0.3 is 4.52 Å². The Labute approximate surface area is 115 Å². The summed E-state index contributed by atoms with van der Waals surface area (Å²) in [6.07, 6.45) is 1.75. The second-order valence-corrected chi connectivity index (χ2v) is 6.06. The Kier molecular flexibility index (Phi) is 3.31. The van der Waals surface area contributed by atoms with E-state index in [9.17, 15) is 0 Å². The smallest absolute Gasteiger partial charge is 0.240 e. The molecule has 0 amide bonds. The second-order valence-electron chi connectivity index (χ2n) is 4.28. The number of rotatable bonds is 3. The molecule has 0 aliphatic carbocycles. The number of alkyl halides is 1. The maximum absolute atomic E-state index is 6.11. The summed E-state index contributed by atoms with van der Waals surface area (Å²) in [5.74, 6) is 1.29. The third-order valence-corrected chi connectivity index (χ3v) is 4.83. The van der Waals surface area contributed by atoms with Gasteiger partial charge in [0.25, 0.3) is 0 Å². The van der Waals surface area contributed by atoms with Crippen molar-refractivity contribution in [2.45, 2.75) is 35.3 Å². The molecule has 94 valence electrons. The fraction of sp³-hybridized carbons (Fsp3) is 0.385. The van der Waals surface area contributed by atoms with Gasteiger partial charge in [0.1, 0.15) is 0 Å². The molecule has 0 fully saturated rings. The van der Waals surface area contributed by atoms with Gasteiger partial charge in [0.2, 0.25) is 5.89 Å². The van der Waals surface area contributed by atoms with Crippen LogP contribution in [-0.4, -0.2) is 10.1 Å². The molecule has 5 heteroatoms. The van der Waals surface area contributed by atoms with E-state index in [0.717, 1.165) is 12.8 Å². The van der Waals surface area contributed by atoms with Crippen molar-refractivity contribution in [3.63, 3.8) is 0 Å². The van der Waals surface area contributed by atoms with Crippen LogP contribution in [0.5, 0.6) is 0 Å². The van der Waals surface area contributed by atoms with Crippen LogP contribution in [0, 0.1) is 0 Å². The number of nitrogens with zero attached hydrogens (tertiary/aromatic N) is 2. The first kappa shape index (κ1) is 12.1. The summed E-state index contributed by atoms with van der Waals surface area (Å²) in [4.78, 5) is 5.72. The lowest BCUT2D eigenvalue weighted by Crippen LogP contribution is -1.95. The molecule has 2 atom stereocenters. The monoisotopic (exact) mass is 280 g/mol. The van der Waals surface area contributed by atoms with E-state index >= 15 is 0 Å². The lowest BCUT2D eigenvalue weighted by Gasteiger charge is -2.00. The largest absolute Gasteiger partial charge is 0.338 e. The number of hydrogen-bond donors (Lipinski definition) is 0. The minimum Gasteiger partial charge on any atom is -0.338 e. The minimum atomic E-state index is -0.156. The zero-order valence-corrected chi connectivity index (χ0v) is 11.5. The van der Waals surface area contributed by atoms with Crippen molar-refractivity contribution in [2.24, 2.45) is 0 Å². The molecule has 2 unspecified atom stereocenters. The van der Waals surface area contributed by atoms with E-state index < -0.39 is 0 Å². The van der Waals surface area contributed by atoms with Gasteiger partial charge in [0.15, 0.2) is 5.82 Å². The molecule has 2 aromatic rings. The fourth-order valence-corrected chi connectivity index (χ4v) is 3.32. The SMILES string of the molecule is CCC(Cl)c1noc(C2Cc3ccccc3S2)n1. The van der Waals surface area contributed by atoms with E-state index in [2.05, 4.69) is 34.4 Å². The number of halogens is 1. The van der Waals surface area contributed by atoms with Crippen LogP contribution >= 0.6 is 23.4 Å². The molecule has 0 radical (unpaired) electrons. The van der Waals surface area contributed by atoms with Crippen LogP contribution in [0.4, 0.5) is 0 Å². The molecule has 18 heavy (non-hydrogen) atoms. The third-order valence-electron chi connectivity index (χ3n) is 3.02. The van der Waals surface area contributed by atoms with Crippen molar-refractivity contribution < 1.29 is 4.52 Å². The van der Waals surface area contributed by atoms with Gasteiger partial charge in [0, 0.05) is 4.90 Å². The molecule has 0 N–H and O–H groups in total. The van der Waals surface area contributed by atoms with Crippen molar-refractivity contribution in [3.05, 3.63) is 41.5 Å². The van der Waals surface area contributed by atoms with Gasteiger partial charge in [-0.25, -0.2) is 0 Å². The molecule has 0 bridgehead atoms. The summed E-state index contributed by atoms with van der Waals surface area (Å²) in [6, 6.07) is 8.40. The molecule has 1 aliphatic heterocycles. The molecule has 3 nitrogen and oxygen atoms in total. The topological polar surface area (TPSA) is 38.9 Å². The van der Waals surface area contributed by atoms with Crippen LogP contribution in [-0.2, 0) is 6.42 Å². The Morgan fingerprint density at radius 2 is 2.33 bits per heavy atom. The summed E-state index contributed by atoms with van der Waals surface area (Å²) in [7, 11) is 0. The van der Waals surface area contributed by atoms with Gasteiger partial charge >= 0.3 is 0 Å². The lowest BCUT2D eigenvalue weighted by molar-refractivity contribution is 0.371. The summed E-state index contributed by atoms with van der Waals surface area (Å²) in [5, 5.41) is 4.03. The van der Waals surface area contributed by atoms with Gasteiger partial charge in [-0.2, -0.15) is 4.98 Å². The van der Waals surface area contributed by atoms with Crippen LogP contribution in [0.2, 0.25) is 0 Å². The highest BCUT2D eigenvalue weighted by Gasteiger charge is 2.28. The van der Waals surface area contributed by atoms with Crippen molar-refractivity contribution in [3.8, 4) is 0 Å². The average molecular weight is 281 g/mol. The predicted molar refractivity (Wildman–Crippen MR) is 71.9 cm³/mol. The molecule has 1 aromatic heterocycles. The highest BCUT2D eigenvalue weighted by atomic mass is 35.5. The number of benzene rings is 1. The maximum Gasteiger partial charge on any atom is 0.240 e. The van der Waals surface area contributed by atoms with Crippen LogP contribution in [0.15, 0.2) is 33.7 Å². The Morgan fingerprint density at radius 1 is 1.50 bits per heavy atom. The van der Waals surface area contributed by atoms with Gasteiger partial charge in [-0.15, -0.1) is 23.4 Å². The van der Waals surface area contributed by atoms with Crippen molar-refractivity contribution >= 4 is 23.4 Å². The Bertz CT molecular complexity index is 532. The summed E-state index contributed by atoms with van der Waals surface area (Å²) in [5.41, 5.74) is 1.35. The Morgan fingerprint density at radius 3 is 3.11 bits per heavy atom. The first-order valence-electron chi connectivity index (χ1n) is 6.00.